The van der Waals surface area contributed by atoms with Crippen molar-refractivity contribution in [2.45, 2.75) is 25.3 Å². The second-order valence-electron chi connectivity index (χ2n) is 5.34. The minimum absolute atomic E-state index is 0.208. The lowest BCUT2D eigenvalue weighted by atomic mass is 10.0. The van der Waals surface area contributed by atoms with Gasteiger partial charge >= 0.3 is 0 Å². The first-order chi connectivity index (χ1) is 10.4. The average molecular weight is 280 g/mol. The third-order valence-electron chi connectivity index (χ3n) is 3.93. The predicted molar refractivity (Wildman–Crippen MR) is 79.6 cm³/mol. The molecule has 1 atom stereocenters. The maximum atomic E-state index is 5.47. The van der Waals surface area contributed by atoms with Crippen LogP contribution < -0.4 is 5.32 Å². The molecular weight excluding hydrogens is 264 g/mol. The number of fused-ring (bicyclic) bond motifs is 1. The third kappa shape index (κ3) is 2.29. The van der Waals surface area contributed by atoms with Gasteiger partial charge in [0.2, 0.25) is 0 Å². The number of aromatic nitrogens is 3. The molecule has 1 aromatic carbocycles. The van der Waals surface area contributed by atoms with Crippen LogP contribution in [0, 0.1) is 0 Å². The summed E-state index contributed by atoms with van der Waals surface area (Å²) < 4.78 is 5.47. The van der Waals surface area contributed by atoms with E-state index in [-0.39, 0.29) is 6.04 Å². The lowest BCUT2D eigenvalue weighted by Gasteiger charge is -2.19. The van der Waals surface area contributed by atoms with Crippen molar-refractivity contribution in [1.29, 1.82) is 0 Å². The zero-order valence-electron chi connectivity index (χ0n) is 11.6. The Bertz CT molecular complexity index is 756. The van der Waals surface area contributed by atoms with Gasteiger partial charge in [0, 0.05) is 11.6 Å². The van der Waals surface area contributed by atoms with Crippen molar-refractivity contribution in [3.63, 3.8) is 0 Å². The van der Waals surface area contributed by atoms with Crippen molar-refractivity contribution in [3.05, 3.63) is 42.4 Å². The third-order valence-corrected chi connectivity index (χ3v) is 3.93. The zero-order chi connectivity index (χ0) is 14.1. The van der Waals surface area contributed by atoms with E-state index >= 15 is 0 Å². The molecule has 0 aliphatic carbocycles. The van der Waals surface area contributed by atoms with Crippen LogP contribution in [0.3, 0.4) is 0 Å². The maximum Gasteiger partial charge on any atom is 0.260 e. The molecule has 2 aromatic heterocycles. The Kier molecular flexibility index (Phi) is 3.12. The van der Waals surface area contributed by atoms with Gasteiger partial charge in [-0.2, -0.15) is 4.98 Å². The summed E-state index contributed by atoms with van der Waals surface area (Å²) in [6.45, 7) is 1.02. The smallest absolute Gasteiger partial charge is 0.260 e. The Balaban J connectivity index is 1.74. The van der Waals surface area contributed by atoms with Crippen LogP contribution in [0.15, 0.2) is 41.1 Å². The molecule has 0 bridgehead atoms. The van der Waals surface area contributed by atoms with Crippen molar-refractivity contribution in [2.24, 2.45) is 0 Å². The molecular formula is C16H16N4O. The SMILES string of the molecule is c1cnc2c(-c3nc(C4CCCCN4)no3)cccc2c1. The van der Waals surface area contributed by atoms with E-state index in [0.29, 0.717) is 5.89 Å². The molecule has 1 aliphatic rings. The molecule has 5 nitrogen and oxygen atoms in total. The van der Waals surface area contributed by atoms with Crippen LogP contribution in [0.25, 0.3) is 22.4 Å². The summed E-state index contributed by atoms with van der Waals surface area (Å²) in [6.07, 6.45) is 5.27. The van der Waals surface area contributed by atoms with E-state index in [9.17, 15) is 0 Å². The Hall–Kier alpha value is -2.27. The molecule has 106 valence electrons. The highest BCUT2D eigenvalue weighted by Gasteiger charge is 2.21. The summed E-state index contributed by atoms with van der Waals surface area (Å²) in [5.74, 6) is 1.29. The molecule has 21 heavy (non-hydrogen) atoms. The summed E-state index contributed by atoms with van der Waals surface area (Å²) in [5, 5.41) is 8.66. The number of pyridine rings is 1. The van der Waals surface area contributed by atoms with Gasteiger partial charge in [-0.25, -0.2) is 0 Å². The van der Waals surface area contributed by atoms with Gasteiger partial charge in [0.15, 0.2) is 5.82 Å². The van der Waals surface area contributed by atoms with Gasteiger partial charge in [0.25, 0.3) is 5.89 Å². The predicted octanol–water partition coefficient (Wildman–Crippen LogP) is 3.10. The summed E-state index contributed by atoms with van der Waals surface area (Å²) in [5.41, 5.74) is 1.79. The maximum absolute atomic E-state index is 5.47. The lowest BCUT2D eigenvalue weighted by Crippen LogP contribution is -2.27. The highest BCUT2D eigenvalue weighted by Crippen LogP contribution is 2.28. The zero-order valence-corrected chi connectivity index (χ0v) is 11.6. The minimum Gasteiger partial charge on any atom is -0.334 e. The van der Waals surface area contributed by atoms with Crippen molar-refractivity contribution in [3.8, 4) is 11.5 Å². The topological polar surface area (TPSA) is 63.8 Å². The number of hydrogen-bond donors (Lipinski definition) is 1. The van der Waals surface area contributed by atoms with Gasteiger partial charge in [-0.05, 0) is 31.5 Å². The quantitative estimate of drug-likeness (QED) is 0.781. The van der Waals surface area contributed by atoms with E-state index in [0.717, 1.165) is 35.3 Å². The van der Waals surface area contributed by atoms with Gasteiger partial charge in [0.05, 0.1) is 17.1 Å². The summed E-state index contributed by atoms with van der Waals surface area (Å²) in [6, 6.07) is 10.2. The molecule has 1 aliphatic heterocycles. The summed E-state index contributed by atoms with van der Waals surface area (Å²) in [7, 11) is 0. The van der Waals surface area contributed by atoms with Crippen LogP contribution in [0.4, 0.5) is 0 Å². The second-order valence-corrected chi connectivity index (χ2v) is 5.34. The van der Waals surface area contributed by atoms with Crippen LogP contribution in [-0.4, -0.2) is 21.7 Å². The number of piperidine rings is 1. The molecule has 3 heterocycles. The Morgan fingerprint density at radius 3 is 3.00 bits per heavy atom. The van der Waals surface area contributed by atoms with Crippen LogP contribution >= 0.6 is 0 Å². The van der Waals surface area contributed by atoms with E-state index in [4.69, 9.17) is 4.52 Å². The van der Waals surface area contributed by atoms with Crippen LogP contribution in [0.5, 0.6) is 0 Å². The van der Waals surface area contributed by atoms with Gasteiger partial charge in [-0.15, -0.1) is 0 Å². The summed E-state index contributed by atoms with van der Waals surface area (Å²) in [4.78, 5) is 9.01. The molecule has 1 N–H and O–H groups in total. The monoisotopic (exact) mass is 280 g/mol. The molecule has 0 amide bonds. The molecule has 1 unspecified atom stereocenters. The molecule has 5 heteroatoms. The summed E-state index contributed by atoms with van der Waals surface area (Å²) >= 11 is 0. The van der Waals surface area contributed by atoms with Gasteiger partial charge in [-0.3, -0.25) is 4.98 Å². The molecule has 0 saturated carbocycles. The first-order valence-electron chi connectivity index (χ1n) is 7.33. The van der Waals surface area contributed by atoms with E-state index in [2.05, 4.69) is 20.4 Å². The fourth-order valence-corrected chi connectivity index (χ4v) is 2.83. The van der Waals surface area contributed by atoms with Crippen molar-refractivity contribution >= 4 is 10.9 Å². The van der Waals surface area contributed by atoms with Crippen LogP contribution in [-0.2, 0) is 0 Å². The van der Waals surface area contributed by atoms with Crippen molar-refractivity contribution in [1.82, 2.24) is 20.4 Å². The Morgan fingerprint density at radius 2 is 2.10 bits per heavy atom. The molecule has 3 aromatic rings. The number of hydrogen-bond acceptors (Lipinski definition) is 5. The van der Waals surface area contributed by atoms with Gasteiger partial charge < -0.3 is 9.84 Å². The Labute approximate surface area is 122 Å². The average Bonchev–Trinajstić information content (AvgIpc) is 3.05. The number of para-hydroxylation sites is 1. The highest BCUT2D eigenvalue weighted by molar-refractivity contribution is 5.91. The minimum atomic E-state index is 0.208. The van der Waals surface area contributed by atoms with E-state index in [1.54, 1.807) is 6.20 Å². The van der Waals surface area contributed by atoms with E-state index in [1.165, 1.54) is 12.8 Å². The highest BCUT2D eigenvalue weighted by atomic mass is 16.5. The first-order valence-corrected chi connectivity index (χ1v) is 7.33. The number of rotatable bonds is 2. The fraction of sp³-hybridized carbons (Fsp3) is 0.312. The van der Waals surface area contributed by atoms with Crippen molar-refractivity contribution in [2.75, 3.05) is 6.54 Å². The molecule has 1 saturated heterocycles. The first kappa shape index (κ1) is 12.5. The standard InChI is InChI=1S/C16H16N4O/c1-2-9-17-13(8-1)15-19-16(21-20-15)12-7-3-5-11-6-4-10-18-14(11)12/h3-7,10,13,17H,1-2,8-9H2. The molecule has 0 radical (unpaired) electrons. The normalized spacial score (nSPS) is 19.0. The number of nitrogens with one attached hydrogen (secondary N) is 1. The number of nitrogens with zero attached hydrogens (tertiary/aromatic N) is 3. The Morgan fingerprint density at radius 1 is 1.14 bits per heavy atom. The molecule has 0 spiro atoms. The van der Waals surface area contributed by atoms with E-state index < -0.39 is 0 Å². The second kappa shape index (κ2) is 5.26. The van der Waals surface area contributed by atoms with Crippen LogP contribution in [0.2, 0.25) is 0 Å². The molecule has 4 rings (SSSR count). The van der Waals surface area contributed by atoms with Crippen molar-refractivity contribution < 1.29 is 4.52 Å². The van der Waals surface area contributed by atoms with Gasteiger partial charge in [-0.1, -0.05) is 29.8 Å². The lowest BCUT2D eigenvalue weighted by molar-refractivity contribution is 0.367. The van der Waals surface area contributed by atoms with Gasteiger partial charge in [0.1, 0.15) is 0 Å². The largest absolute Gasteiger partial charge is 0.334 e. The number of benzene rings is 1. The van der Waals surface area contributed by atoms with E-state index in [1.807, 2.05) is 30.3 Å². The molecule has 1 fully saturated rings. The van der Waals surface area contributed by atoms with Crippen LogP contribution in [0.1, 0.15) is 31.1 Å². The fourth-order valence-electron chi connectivity index (χ4n) is 2.83.